The lowest BCUT2D eigenvalue weighted by molar-refractivity contribution is -0.164. The molecule has 0 aromatic heterocycles. The summed E-state index contributed by atoms with van der Waals surface area (Å²) in [6.45, 7) is 9.28. The molecule has 0 saturated carbocycles. The maximum atomic E-state index is 12.3. The first kappa shape index (κ1) is 13.8. The Morgan fingerprint density at radius 1 is 1.53 bits per heavy atom. The Labute approximate surface area is 114 Å². The Bertz CT molecular complexity index is 433. The molecule has 3 atom stereocenters. The van der Waals surface area contributed by atoms with E-state index in [1.165, 1.54) is 0 Å². The number of carbonyl (C=O) groups excluding carboxylic acids is 2. The maximum Gasteiger partial charge on any atom is 0.330 e. The quantitative estimate of drug-likeness (QED) is 0.566. The Kier molecular flexibility index (Phi) is 3.52. The lowest BCUT2D eigenvalue weighted by atomic mass is 9.99. The molecule has 0 bridgehead atoms. The molecule has 0 unspecified atom stereocenters. The molecule has 4 heteroatoms. The van der Waals surface area contributed by atoms with Crippen molar-refractivity contribution in [3.05, 3.63) is 24.8 Å². The Morgan fingerprint density at radius 2 is 2.21 bits per heavy atom. The summed E-state index contributed by atoms with van der Waals surface area (Å²) in [7, 11) is 0. The van der Waals surface area contributed by atoms with E-state index in [0.717, 1.165) is 6.42 Å². The summed E-state index contributed by atoms with van der Waals surface area (Å²) in [5, 5.41) is 0. The van der Waals surface area contributed by atoms with Crippen molar-refractivity contribution in [1.29, 1.82) is 0 Å². The second-order valence-electron chi connectivity index (χ2n) is 6.11. The number of nitrogens with zero attached hydrogens (tertiary/aromatic N) is 1. The van der Waals surface area contributed by atoms with Gasteiger partial charge >= 0.3 is 5.97 Å². The van der Waals surface area contributed by atoms with E-state index in [1.807, 2.05) is 32.9 Å². The SMILES string of the molecule is C=C[C@H]1C[C@H]2C=CCC(=O)N2[C@@H]1C(=O)OC(C)(C)C. The van der Waals surface area contributed by atoms with Crippen LogP contribution in [0.2, 0.25) is 0 Å². The van der Waals surface area contributed by atoms with Crippen molar-refractivity contribution in [2.45, 2.75) is 51.3 Å². The number of amides is 1. The van der Waals surface area contributed by atoms with Crippen LogP contribution in [0.25, 0.3) is 0 Å². The van der Waals surface area contributed by atoms with Crippen LogP contribution in [0.4, 0.5) is 0 Å². The highest BCUT2D eigenvalue weighted by atomic mass is 16.6. The molecule has 2 heterocycles. The van der Waals surface area contributed by atoms with E-state index in [0.29, 0.717) is 6.42 Å². The molecule has 2 rings (SSSR count). The number of esters is 1. The molecule has 2 aliphatic rings. The largest absolute Gasteiger partial charge is 0.458 e. The zero-order valence-electron chi connectivity index (χ0n) is 11.8. The van der Waals surface area contributed by atoms with Gasteiger partial charge in [-0.3, -0.25) is 4.79 Å². The van der Waals surface area contributed by atoms with Crippen LogP contribution in [0.3, 0.4) is 0 Å². The topological polar surface area (TPSA) is 46.6 Å². The minimum absolute atomic E-state index is 0.00164. The van der Waals surface area contributed by atoms with Gasteiger partial charge in [0.25, 0.3) is 0 Å². The van der Waals surface area contributed by atoms with Crippen LogP contribution < -0.4 is 0 Å². The van der Waals surface area contributed by atoms with Crippen LogP contribution >= 0.6 is 0 Å². The molecule has 1 saturated heterocycles. The normalized spacial score (nSPS) is 30.2. The van der Waals surface area contributed by atoms with E-state index in [1.54, 1.807) is 11.0 Å². The highest BCUT2D eigenvalue weighted by molar-refractivity contribution is 5.88. The summed E-state index contributed by atoms with van der Waals surface area (Å²) in [6, 6.07) is -0.527. The van der Waals surface area contributed by atoms with E-state index in [4.69, 9.17) is 4.74 Å². The van der Waals surface area contributed by atoms with Crippen molar-refractivity contribution < 1.29 is 14.3 Å². The molecule has 0 N–H and O–H groups in total. The monoisotopic (exact) mass is 263 g/mol. The van der Waals surface area contributed by atoms with Crippen LogP contribution in [0.15, 0.2) is 24.8 Å². The minimum atomic E-state index is -0.546. The highest BCUT2D eigenvalue weighted by Gasteiger charge is 2.47. The van der Waals surface area contributed by atoms with Crippen LogP contribution in [-0.2, 0) is 14.3 Å². The summed E-state index contributed by atoms with van der Waals surface area (Å²) >= 11 is 0. The van der Waals surface area contributed by atoms with Gasteiger partial charge in [0.15, 0.2) is 0 Å². The molecule has 0 aromatic carbocycles. The van der Waals surface area contributed by atoms with Crippen molar-refractivity contribution >= 4 is 11.9 Å². The van der Waals surface area contributed by atoms with Gasteiger partial charge in [-0.05, 0) is 27.2 Å². The lowest BCUT2D eigenvalue weighted by Crippen LogP contribution is -2.49. The van der Waals surface area contributed by atoms with Gasteiger partial charge in [0.2, 0.25) is 5.91 Å². The molecule has 2 aliphatic heterocycles. The first-order valence-corrected chi connectivity index (χ1v) is 6.67. The summed E-state index contributed by atoms with van der Waals surface area (Å²) < 4.78 is 5.45. The van der Waals surface area contributed by atoms with Gasteiger partial charge in [-0.25, -0.2) is 4.79 Å². The van der Waals surface area contributed by atoms with Crippen LogP contribution in [0.5, 0.6) is 0 Å². The molecular weight excluding hydrogens is 242 g/mol. The van der Waals surface area contributed by atoms with Gasteiger partial charge in [0.1, 0.15) is 11.6 Å². The Morgan fingerprint density at radius 3 is 2.79 bits per heavy atom. The third-order valence-corrected chi connectivity index (χ3v) is 3.47. The van der Waals surface area contributed by atoms with Crippen molar-refractivity contribution in [3.8, 4) is 0 Å². The molecule has 0 aromatic rings. The van der Waals surface area contributed by atoms with Crippen molar-refractivity contribution in [2.75, 3.05) is 0 Å². The summed E-state index contributed by atoms with van der Waals surface area (Å²) in [4.78, 5) is 26.1. The predicted molar refractivity (Wildman–Crippen MR) is 72.3 cm³/mol. The van der Waals surface area contributed by atoms with Crippen LogP contribution in [0, 0.1) is 5.92 Å². The van der Waals surface area contributed by atoms with E-state index in [9.17, 15) is 9.59 Å². The fourth-order valence-electron chi connectivity index (χ4n) is 2.75. The van der Waals surface area contributed by atoms with Crippen LogP contribution in [-0.4, -0.2) is 34.5 Å². The van der Waals surface area contributed by atoms with Crippen molar-refractivity contribution in [1.82, 2.24) is 4.90 Å². The first-order valence-electron chi connectivity index (χ1n) is 6.67. The predicted octanol–water partition coefficient (Wildman–Crippen LogP) is 2.06. The molecule has 4 nitrogen and oxygen atoms in total. The molecule has 104 valence electrons. The number of hydrogen-bond donors (Lipinski definition) is 0. The number of hydrogen-bond acceptors (Lipinski definition) is 3. The van der Waals surface area contributed by atoms with Gasteiger partial charge in [-0.1, -0.05) is 18.2 Å². The third-order valence-electron chi connectivity index (χ3n) is 3.47. The number of ether oxygens (including phenoxy) is 1. The highest BCUT2D eigenvalue weighted by Crippen LogP contribution is 2.35. The summed E-state index contributed by atoms with van der Waals surface area (Å²) in [5.41, 5.74) is -0.546. The fraction of sp³-hybridized carbons (Fsp3) is 0.600. The molecular formula is C15H21NO3. The third kappa shape index (κ3) is 2.72. The molecule has 0 spiro atoms. The Balaban J connectivity index is 2.25. The first-order chi connectivity index (χ1) is 8.83. The van der Waals surface area contributed by atoms with Gasteiger partial charge in [0, 0.05) is 12.3 Å². The average Bonchev–Trinajstić information content (AvgIpc) is 2.66. The molecule has 19 heavy (non-hydrogen) atoms. The molecule has 1 fully saturated rings. The number of fused-ring (bicyclic) bond motifs is 1. The number of rotatable bonds is 2. The standard InChI is InChI=1S/C15H21NO3/c1-5-10-9-11-7-6-8-12(17)16(11)13(10)14(18)19-15(2,3)4/h5-7,10-11,13H,1,8-9H2,2-4H3/t10-,11+,13-/m0/s1. The van der Waals surface area contributed by atoms with Gasteiger partial charge in [-0.2, -0.15) is 0 Å². The van der Waals surface area contributed by atoms with Gasteiger partial charge in [0.05, 0.1) is 6.04 Å². The lowest BCUT2D eigenvalue weighted by Gasteiger charge is -2.32. The average molecular weight is 263 g/mol. The number of carbonyl (C=O) groups is 2. The second kappa shape index (κ2) is 4.83. The van der Waals surface area contributed by atoms with Gasteiger partial charge < -0.3 is 9.64 Å². The summed E-state index contributed by atoms with van der Waals surface area (Å²) in [6.07, 6.45) is 6.74. The van der Waals surface area contributed by atoms with Crippen molar-refractivity contribution in [3.63, 3.8) is 0 Å². The van der Waals surface area contributed by atoms with Gasteiger partial charge in [-0.15, -0.1) is 6.58 Å². The van der Waals surface area contributed by atoms with E-state index < -0.39 is 11.6 Å². The molecule has 0 aliphatic carbocycles. The van der Waals surface area contributed by atoms with E-state index in [2.05, 4.69) is 6.58 Å². The molecule has 0 radical (unpaired) electrons. The zero-order chi connectivity index (χ0) is 14.2. The smallest absolute Gasteiger partial charge is 0.330 e. The minimum Gasteiger partial charge on any atom is -0.458 e. The van der Waals surface area contributed by atoms with Crippen LogP contribution in [0.1, 0.15) is 33.6 Å². The van der Waals surface area contributed by atoms with Crippen molar-refractivity contribution in [2.24, 2.45) is 5.92 Å². The molecule has 1 amide bonds. The fourth-order valence-corrected chi connectivity index (χ4v) is 2.75. The Hall–Kier alpha value is -1.58. The second-order valence-corrected chi connectivity index (χ2v) is 6.11. The maximum absolute atomic E-state index is 12.3. The zero-order valence-corrected chi connectivity index (χ0v) is 11.8. The van der Waals surface area contributed by atoms with E-state index >= 15 is 0 Å². The van der Waals surface area contributed by atoms with E-state index in [-0.39, 0.29) is 23.8 Å². The summed E-state index contributed by atoms with van der Waals surface area (Å²) in [5.74, 6) is -0.372.